The number of amides is 3. The standard InChI is InChI=1S/C26H32ClN3O4/c1-4-5-7-20-10-12-21(13-11-20)26(33)28(14-15-34-3)16-24(31)29-17-25(32)30(18-29)23-9-6-8-22(27)19(23)2/h6,8-13H,4-5,7,14-18H2,1-3H3. The summed E-state index contributed by atoms with van der Waals surface area (Å²) >= 11 is 6.21. The average molecular weight is 486 g/mol. The first-order valence-electron chi connectivity index (χ1n) is 11.6. The molecule has 0 atom stereocenters. The molecule has 0 aromatic heterocycles. The highest BCUT2D eigenvalue weighted by Crippen LogP contribution is 2.28. The molecule has 0 spiro atoms. The van der Waals surface area contributed by atoms with E-state index in [2.05, 4.69) is 6.92 Å². The molecule has 2 aromatic carbocycles. The van der Waals surface area contributed by atoms with E-state index in [0.29, 0.717) is 22.9 Å². The predicted octanol–water partition coefficient (Wildman–Crippen LogP) is 3.91. The number of hydrogen-bond donors (Lipinski definition) is 0. The zero-order valence-corrected chi connectivity index (χ0v) is 20.8. The molecule has 3 amide bonds. The molecule has 1 heterocycles. The minimum absolute atomic E-state index is 0.0385. The molecule has 34 heavy (non-hydrogen) atoms. The van der Waals surface area contributed by atoms with Gasteiger partial charge in [0.05, 0.1) is 6.61 Å². The van der Waals surface area contributed by atoms with E-state index >= 15 is 0 Å². The third-order valence-electron chi connectivity index (χ3n) is 6.02. The Kier molecular flexibility index (Phi) is 9.07. The number of hydrogen-bond acceptors (Lipinski definition) is 4. The summed E-state index contributed by atoms with van der Waals surface area (Å²) in [6, 6.07) is 12.9. The Morgan fingerprint density at radius 2 is 1.88 bits per heavy atom. The van der Waals surface area contributed by atoms with E-state index in [9.17, 15) is 14.4 Å². The van der Waals surface area contributed by atoms with Crippen LogP contribution < -0.4 is 4.90 Å². The topological polar surface area (TPSA) is 70.2 Å². The lowest BCUT2D eigenvalue weighted by Crippen LogP contribution is -2.44. The third kappa shape index (κ3) is 6.15. The van der Waals surface area contributed by atoms with E-state index in [0.717, 1.165) is 24.8 Å². The second kappa shape index (κ2) is 12.0. The Bertz CT molecular complexity index is 1030. The lowest BCUT2D eigenvalue weighted by molar-refractivity contribution is -0.132. The summed E-state index contributed by atoms with van der Waals surface area (Å²) in [7, 11) is 1.55. The van der Waals surface area contributed by atoms with E-state index in [1.54, 1.807) is 36.3 Å². The summed E-state index contributed by atoms with van der Waals surface area (Å²) < 4.78 is 5.15. The number of rotatable bonds is 10. The van der Waals surface area contributed by atoms with Crippen molar-refractivity contribution in [2.24, 2.45) is 0 Å². The van der Waals surface area contributed by atoms with Crippen molar-refractivity contribution in [1.82, 2.24) is 9.80 Å². The highest BCUT2D eigenvalue weighted by Gasteiger charge is 2.34. The van der Waals surface area contributed by atoms with Crippen molar-refractivity contribution in [3.63, 3.8) is 0 Å². The highest BCUT2D eigenvalue weighted by molar-refractivity contribution is 6.31. The van der Waals surface area contributed by atoms with Crippen LogP contribution in [0.3, 0.4) is 0 Å². The number of anilines is 1. The van der Waals surface area contributed by atoms with Crippen LogP contribution in [0.25, 0.3) is 0 Å². The number of ether oxygens (including phenoxy) is 1. The van der Waals surface area contributed by atoms with Gasteiger partial charge in [-0.15, -0.1) is 0 Å². The van der Waals surface area contributed by atoms with Crippen molar-refractivity contribution in [2.75, 3.05) is 44.9 Å². The van der Waals surface area contributed by atoms with Crippen LogP contribution in [-0.4, -0.2) is 67.5 Å². The quantitative estimate of drug-likeness (QED) is 0.511. The number of carbonyl (C=O) groups excluding carboxylic acids is 3. The van der Waals surface area contributed by atoms with Gasteiger partial charge in [-0.3, -0.25) is 19.3 Å². The SMILES string of the molecule is CCCCc1ccc(C(=O)N(CCOC)CC(=O)N2CC(=O)N(c3cccc(Cl)c3C)C2)cc1. The lowest BCUT2D eigenvalue weighted by atomic mass is 10.1. The molecule has 182 valence electrons. The summed E-state index contributed by atoms with van der Waals surface area (Å²) in [5, 5.41) is 0.562. The van der Waals surface area contributed by atoms with Gasteiger partial charge >= 0.3 is 0 Å². The van der Waals surface area contributed by atoms with E-state index in [1.807, 2.05) is 25.1 Å². The van der Waals surface area contributed by atoms with Gasteiger partial charge in [0.15, 0.2) is 0 Å². The van der Waals surface area contributed by atoms with Crippen LogP contribution in [0.1, 0.15) is 41.3 Å². The van der Waals surface area contributed by atoms with Crippen molar-refractivity contribution >= 4 is 35.0 Å². The van der Waals surface area contributed by atoms with Crippen molar-refractivity contribution in [3.05, 3.63) is 64.2 Å². The van der Waals surface area contributed by atoms with Gasteiger partial charge in [0, 0.05) is 29.9 Å². The summed E-state index contributed by atoms with van der Waals surface area (Å²) in [5.74, 6) is -0.712. The third-order valence-corrected chi connectivity index (χ3v) is 6.43. The molecular formula is C26H32ClN3O4. The summed E-state index contributed by atoms with van der Waals surface area (Å²) in [5.41, 5.74) is 3.18. The molecule has 0 unspecified atom stereocenters. The number of methoxy groups -OCH3 is 1. The van der Waals surface area contributed by atoms with Crippen molar-refractivity contribution < 1.29 is 19.1 Å². The van der Waals surface area contributed by atoms with E-state index < -0.39 is 0 Å². The fourth-order valence-corrected chi connectivity index (χ4v) is 4.08. The minimum Gasteiger partial charge on any atom is -0.383 e. The summed E-state index contributed by atoms with van der Waals surface area (Å²) in [4.78, 5) is 43.4. The van der Waals surface area contributed by atoms with Crippen molar-refractivity contribution in [3.8, 4) is 0 Å². The van der Waals surface area contributed by atoms with Crippen LogP contribution in [0.4, 0.5) is 5.69 Å². The second-order valence-corrected chi connectivity index (χ2v) is 8.87. The normalized spacial score (nSPS) is 13.5. The van der Waals surface area contributed by atoms with Gasteiger partial charge in [-0.25, -0.2) is 0 Å². The highest BCUT2D eigenvalue weighted by atomic mass is 35.5. The molecule has 0 N–H and O–H groups in total. The molecule has 8 heteroatoms. The number of carbonyl (C=O) groups is 3. The number of benzene rings is 2. The number of aryl methyl sites for hydroxylation is 1. The maximum absolute atomic E-state index is 13.2. The monoisotopic (exact) mass is 485 g/mol. The second-order valence-electron chi connectivity index (χ2n) is 8.46. The van der Waals surface area contributed by atoms with Gasteiger partial charge in [-0.05, 0) is 55.2 Å². The van der Waals surface area contributed by atoms with Crippen LogP contribution in [0, 0.1) is 6.92 Å². The van der Waals surface area contributed by atoms with Crippen molar-refractivity contribution in [1.29, 1.82) is 0 Å². The van der Waals surface area contributed by atoms with E-state index in [1.165, 1.54) is 15.4 Å². The van der Waals surface area contributed by atoms with Crippen LogP contribution in [0.5, 0.6) is 0 Å². The first kappa shape index (κ1) is 25.7. The fourth-order valence-electron chi connectivity index (χ4n) is 3.91. The zero-order valence-electron chi connectivity index (χ0n) is 20.1. The van der Waals surface area contributed by atoms with Gasteiger partial charge in [0.2, 0.25) is 11.8 Å². The maximum Gasteiger partial charge on any atom is 0.254 e. The van der Waals surface area contributed by atoms with Crippen LogP contribution in [-0.2, 0) is 20.7 Å². The Morgan fingerprint density at radius 1 is 1.15 bits per heavy atom. The molecule has 1 aliphatic rings. The largest absolute Gasteiger partial charge is 0.383 e. The van der Waals surface area contributed by atoms with E-state index in [4.69, 9.17) is 16.3 Å². The van der Waals surface area contributed by atoms with Crippen LogP contribution in [0.15, 0.2) is 42.5 Å². The van der Waals surface area contributed by atoms with Crippen LogP contribution >= 0.6 is 11.6 Å². The lowest BCUT2D eigenvalue weighted by Gasteiger charge is -2.25. The summed E-state index contributed by atoms with van der Waals surface area (Å²) in [6.45, 7) is 4.52. The zero-order chi connectivity index (χ0) is 24.7. The van der Waals surface area contributed by atoms with Gasteiger partial charge in [0.25, 0.3) is 5.91 Å². The van der Waals surface area contributed by atoms with Crippen molar-refractivity contribution in [2.45, 2.75) is 33.1 Å². The van der Waals surface area contributed by atoms with Gasteiger partial charge in [-0.1, -0.05) is 43.1 Å². The van der Waals surface area contributed by atoms with E-state index in [-0.39, 0.29) is 44.0 Å². The molecule has 3 rings (SSSR count). The van der Waals surface area contributed by atoms with Crippen LogP contribution in [0.2, 0.25) is 5.02 Å². The van der Waals surface area contributed by atoms with Gasteiger partial charge < -0.3 is 14.5 Å². The van der Waals surface area contributed by atoms with Gasteiger partial charge in [0.1, 0.15) is 19.8 Å². The molecule has 1 fully saturated rings. The number of nitrogens with zero attached hydrogens (tertiary/aromatic N) is 3. The number of unbranched alkanes of at least 4 members (excludes halogenated alkanes) is 1. The Morgan fingerprint density at radius 3 is 2.56 bits per heavy atom. The minimum atomic E-state index is -0.292. The first-order chi connectivity index (χ1) is 16.3. The molecule has 1 saturated heterocycles. The first-order valence-corrected chi connectivity index (χ1v) is 11.9. The molecule has 7 nitrogen and oxygen atoms in total. The van der Waals surface area contributed by atoms with Gasteiger partial charge in [-0.2, -0.15) is 0 Å². The molecule has 0 bridgehead atoms. The average Bonchev–Trinajstić information content (AvgIpc) is 3.23. The smallest absolute Gasteiger partial charge is 0.254 e. The molecule has 0 radical (unpaired) electrons. The Hall–Kier alpha value is -2.90. The molecular weight excluding hydrogens is 454 g/mol. The Balaban J connectivity index is 1.69. The maximum atomic E-state index is 13.2. The summed E-state index contributed by atoms with van der Waals surface area (Å²) in [6.07, 6.45) is 3.19. The number of halogens is 1. The Labute approximate surface area is 206 Å². The molecule has 0 aliphatic carbocycles. The predicted molar refractivity (Wildman–Crippen MR) is 133 cm³/mol. The fraction of sp³-hybridized carbons (Fsp3) is 0.423. The molecule has 1 aliphatic heterocycles. The molecule has 2 aromatic rings. The molecule has 0 saturated carbocycles.